The van der Waals surface area contributed by atoms with Gasteiger partial charge in [0.15, 0.2) is 34.9 Å². The maximum Gasteiger partial charge on any atom is 0.182 e. The van der Waals surface area contributed by atoms with Gasteiger partial charge < -0.3 is 83.0 Å². The first-order valence-electron chi connectivity index (χ1n) is 42.3. The first-order valence-corrected chi connectivity index (χ1v) is 42.3. The van der Waals surface area contributed by atoms with E-state index in [-0.39, 0.29) is 23.3 Å². The average Bonchev–Trinajstić information content (AvgIpc) is 0.819. The topological polar surface area (TPSA) is 572 Å². The first-order chi connectivity index (χ1) is 65.8. The Bertz CT molecular complexity index is 6800. The molecule has 35 heteroatoms. The Morgan fingerprint density at radius 1 is 0.228 bits per heavy atom. The number of rotatable bonds is 21. The van der Waals surface area contributed by atoms with Crippen molar-refractivity contribution >= 4 is 69.8 Å². The predicted molar refractivity (Wildman–Crippen MR) is 529 cm³/mol. The largest absolute Gasteiger partial charge is 0.497 e. The van der Waals surface area contributed by atoms with Crippen LogP contribution in [0.5, 0.6) is 17.2 Å². The highest BCUT2D eigenvalue weighted by molar-refractivity contribution is 5.69. The van der Waals surface area contributed by atoms with Gasteiger partial charge in [0.05, 0.1) is 21.3 Å². The van der Waals surface area contributed by atoms with Gasteiger partial charge in [0.25, 0.3) is 0 Å². The van der Waals surface area contributed by atoms with Crippen molar-refractivity contribution in [3.05, 3.63) is 375 Å². The fraction of sp³-hybridized carbons (Fsp3) is 0.109. The summed E-state index contributed by atoms with van der Waals surface area (Å²) in [6.45, 7) is 4.11. The predicted octanol–water partition coefficient (Wildman–Crippen LogP) is 14.7. The molecule has 12 aromatic heterocycles. The van der Waals surface area contributed by atoms with E-state index in [9.17, 15) is 8.78 Å². The fourth-order valence-electron chi connectivity index (χ4n) is 13.7. The lowest BCUT2D eigenvalue weighted by atomic mass is 10.0. The minimum atomic E-state index is -0.305. The highest BCUT2D eigenvalue weighted by atomic mass is 19.1. The van der Waals surface area contributed by atoms with E-state index in [4.69, 9.17) is 83.0 Å². The van der Waals surface area contributed by atoms with Crippen molar-refractivity contribution < 1.29 is 23.0 Å². The summed E-state index contributed by atoms with van der Waals surface area (Å²) in [6, 6.07) is 74.9. The molecule has 0 bridgehead atoms. The van der Waals surface area contributed by atoms with Gasteiger partial charge in [0.1, 0.15) is 133 Å². The number of nitrogen functional groups attached to an aromatic ring is 12. The molecule has 684 valence electrons. The lowest BCUT2D eigenvalue weighted by Gasteiger charge is -2.13. The molecule has 0 unspecified atom stereocenters. The Morgan fingerprint density at radius 2 is 0.515 bits per heavy atom. The van der Waals surface area contributed by atoms with Crippen LogP contribution >= 0.6 is 0 Å². The molecule has 0 spiro atoms. The van der Waals surface area contributed by atoms with Crippen molar-refractivity contribution in [3.8, 4) is 86.4 Å². The molecular weight excluding hydrogens is 1720 g/mol. The van der Waals surface area contributed by atoms with Crippen molar-refractivity contribution in [2.45, 2.75) is 52.4 Å². The van der Waals surface area contributed by atoms with Crippen LogP contribution in [0.15, 0.2) is 286 Å². The molecule has 18 rings (SSSR count). The first kappa shape index (κ1) is 95.2. The molecular formula is C101H98F2N30O3. The summed E-state index contributed by atoms with van der Waals surface area (Å²) in [4.78, 5) is 77.0. The second-order valence-electron chi connectivity index (χ2n) is 30.3. The normalized spacial score (nSPS) is 10.6. The second-order valence-corrected chi connectivity index (χ2v) is 30.3. The average molecular weight is 1820 g/mol. The van der Waals surface area contributed by atoms with Gasteiger partial charge in [-0.3, -0.25) is 29.9 Å². The Balaban J connectivity index is 0.000000138. The molecule has 0 aliphatic heterocycles. The van der Waals surface area contributed by atoms with Crippen molar-refractivity contribution in [2.75, 3.05) is 90.1 Å². The summed E-state index contributed by atoms with van der Waals surface area (Å²) in [6.07, 6.45) is 13.1. The molecule has 33 nitrogen and oxygen atoms in total. The number of methoxy groups -OCH3 is 3. The molecule has 0 aliphatic carbocycles. The number of anilines is 12. The highest BCUT2D eigenvalue weighted by Crippen LogP contribution is 2.34. The zero-order valence-electron chi connectivity index (χ0n) is 74.8. The maximum atomic E-state index is 13.3. The van der Waals surface area contributed by atoms with Crippen molar-refractivity contribution in [1.29, 1.82) is 0 Å². The smallest absolute Gasteiger partial charge is 0.182 e. The minimum absolute atomic E-state index is 0.275. The van der Waals surface area contributed by atoms with Gasteiger partial charge in [-0.25, -0.2) is 68.6 Å². The number of ether oxygens (including phenoxy) is 3. The molecule has 0 atom stereocenters. The number of benzene rings is 6. The van der Waals surface area contributed by atoms with Crippen molar-refractivity contribution in [2.24, 2.45) is 0 Å². The number of aryl methyl sites for hydroxylation is 2. The van der Waals surface area contributed by atoms with Gasteiger partial charge in [0.2, 0.25) is 0 Å². The number of nitrogens with two attached hydrogens (primary N) is 12. The van der Waals surface area contributed by atoms with Crippen molar-refractivity contribution in [3.63, 3.8) is 0 Å². The summed E-state index contributed by atoms with van der Waals surface area (Å²) in [5.74, 6) is 8.20. The monoisotopic (exact) mass is 1820 g/mol. The SMILES string of the molecule is COc1ccc(Cc2c(N)nc(-c3ccccn3)nc2N)c(OC)c1.COc1cccc(Cc2c(N)nc(-c3ccccn3)nc2N)c1.Cc1cccc(Cc2c(N)nc(-c3ccccn3)nc2N)c1.Cc1ccccc1Cc1c(N)nc(-c2ccccn2)nc1N.Nc1nc(-c2ccccn2)nc(N)c1Cc1ccc(F)cc1.Nc1nc(-c2ccccn2)nc(N)c1Cc1cccc(F)c1. The summed E-state index contributed by atoms with van der Waals surface area (Å²) in [5.41, 5.74) is 88.9. The van der Waals surface area contributed by atoms with E-state index in [1.165, 1.54) is 35.4 Å². The summed E-state index contributed by atoms with van der Waals surface area (Å²) >= 11 is 0. The quantitative estimate of drug-likeness (QED) is 0.0318. The fourth-order valence-corrected chi connectivity index (χ4v) is 13.7. The van der Waals surface area contributed by atoms with E-state index < -0.39 is 0 Å². The minimum Gasteiger partial charge on any atom is -0.497 e. The lowest BCUT2D eigenvalue weighted by Crippen LogP contribution is -2.09. The number of hydrogen-bond donors (Lipinski definition) is 12. The third kappa shape index (κ3) is 25.6. The Morgan fingerprint density at radius 3 is 0.824 bits per heavy atom. The van der Waals surface area contributed by atoms with Gasteiger partial charge >= 0.3 is 0 Å². The van der Waals surface area contributed by atoms with Crippen LogP contribution in [-0.4, -0.2) is 111 Å². The molecule has 18 aromatic rings. The zero-order valence-corrected chi connectivity index (χ0v) is 74.8. The maximum absolute atomic E-state index is 13.3. The molecule has 0 radical (unpaired) electrons. The van der Waals surface area contributed by atoms with E-state index in [0.717, 1.165) is 50.3 Å². The summed E-state index contributed by atoms with van der Waals surface area (Å²) in [5, 5.41) is 0. The van der Waals surface area contributed by atoms with Gasteiger partial charge in [0, 0.05) is 115 Å². The zero-order chi connectivity index (χ0) is 96.2. The number of hydrogen-bond acceptors (Lipinski definition) is 33. The Labute approximate surface area is 782 Å². The molecule has 136 heavy (non-hydrogen) atoms. The van der Waals surface area contributed by atoms with E-state index >= 15 is 0 Å². The van der Waals surface area contributed by atoms with Crippen LogP contribution in [0.2, 0.25) is 0 Å². The molecule has 0 fully saturated rings. The Kier molecular flexibility index (Phi) is 32.0. The van der Waals surface area contributed by atoms with Crippen LogP contribution in [-0.2, 0) is 38.5 Å². The summed E-state index contributed by atoms with van der Waals surface area (Å²) in [7, 11) is 4.84. The molecule has 0 aliphatic rings. The standard InChI is InChI=1S/C18H19N5O2.C17H17N5O.2C17H17N5.2C16H14FN5/c1-24-12-7-6-11(15(10-12)25-2)9-13-16(19)22-18(23-17(13)20)14-5-3-4-8-21-14;1-23-12-6-4-5-11(9-12)10-13-15(18)21-17(22-16(13)19)14-7-2-3-8-20-14;1-11-5-4-6-12(9-11)10-13-15(18)21-17(22-16(13)19)14-7-2-3-8-20-14;1-11-6-2-3-7-12(11)10-13-15(18)21-17(22-16(13)19)14-8-4-5-9-20-14;17-11-5-3-4-10(8-11)9-12-14(18)21-16(22-15(12)19)13-6-1-2-7-20-13;17-11-6-4-10(5-7-11)9-12-14(18)21-16(22-15(12)19)13-3-1-2-8-20-13/h3-8,10H,9H2,1-2H3,(H4,19,20,22,23);2-9H,10H2,1H3,(H4,18,19,21,22);2*2-9H,10H2,1H3,(H4,18,19,21,22);2*1-8H,9H2,(H4,18,19,21,22). The number of nitrogens with zero attached hydrogens (tertiary/aromatic N) is 18. The third-order valence-corrected chi connectivity index (χ3v) is 20.8. The lowest BCUT2D eigenvalue weighted by molar-refractivity contribution is 0.391. The molecule has 6 aromatic carbocycles. The van der Waals surface area contributed by atoms with Gasteiger partial charge in [-0.1, -0.05) is 133 Å². The second kappa shape index (κ2) is 45.7. The van der Waals surface area contributed by atoms with E-state index in [0.29, 0.717) is 200 Å². The van der Waals surface area contributed by atoms with E-state index in [1.807, 2.05) is 146 Å². The third-order valence-electron chi connectivity index (χ3n) is 20.8. The summed E-state index contributed by atoms with van der Waals surface area (Å²) < 4.78 is 42.1. The van der Waals surface area contributed by atoms with Crippen LogP contribution in [0.3, 0.4) is 0 Å². The van der Waals surface area contributed by atoms with Gasteiger partial charge in [-0.05, 0) is 168 Å². The number of halogens is 2. The molecule has 12 heterocycles. The van der Waals surface area contributed by atoms with E-state index in [1.54, 1.807) is 113 Å². The van der Waals surface area contributed by atoms with E-state index in [2.05, 4.69) is 128 Å². The van der Waals surface area contributed by atoms with Gasteiger partial charge in [-0.15, -0.1) is 0 Å². The van der Waals surface area contributed by atoms with Crippen LogP contribution in [0.1, 0.15) is 77.9 Å². The van der Waals surface area contributed by atoms with Crippen LogP contribution in [0, 0.1) is 25.5 Å². The molecule has 24 N–H and O–H groups in total. The Hall–Kier alpha value is -18.4. The number of pyridine rings is 6. The van der Waals surface area contributed by atoms with Gasteiger partial charge in [-0.2, -0.15) is 0 Å². The molecule has 0 saturated carbocycles. The highest BCUT2D eigenvalue weighted by Gasteiger charge is 2.22. The van der Waals surface area contributed by atoms with Crippen molar-refractivity contribution in [1.82, 2.24) is 89.7 Å². The molecule has 0 saturated heterocycles. The van der Waals surface area contributed by atoms with Crippen LogP contribution in [0.25, 0.3) is 69.1 Å². The molecule has 0 amide bonds. The van der Waals surface area contributed by atoms with Crippen LogP contribution < -0.4 is 83.0 Å². The number of aromatic nitrogens is 18. The van der Waals surface area contributed by atoms with Crippen LogP contribution in [0.4, 0.5) is 78.6 Å².